The molecule has 1 saturated heterocycles. The Hall–Kier alpha value is -2.94. The third kappa shape index (κ3) is 2.54. The van der Waals surface area contributed by atoms with Crippen LogP contribution in [0.25, 0.3) is 0 Å². The molecule has 1 aliphatic heterocycles. The Bertz CT molecular complexity index is 1140. The molecule has 0 amide bonds. The fraction of sp³-hybridized carbons (Fsp3) is 0. The van der Waals surface area contributed by atoms with Crippen molar-refractivity contribution in [2.24, 2.45) is 0 Å². The van der Waals surface area contributed by atoms with Crippen LogP contribution in [0.4, 0.5) is 28.2 Å². The van der Waals surface area contributed by atoms with E-state index in [1.165, 1.54) is 97.1 Å². The maximum atomic E-state index is 17.3. The number of rotatable bonds is 4. The Morgan fingerprint density at radius 3 is 0.906 bits per heavy atom. The summed E-state index contributed by atoms with van der Waals surface area (Å²) in [6.07, 6.45) is 0. The molecule has 0 bridgehead atoms. The molecule has 4 aromatic carbocycles. The van der Waals surface area contributed by atoms with Crippen LogP contribution in [0.1, 0.15) is 0 Å². The van der Waals surface area contributed by atoms with Crippen molar-refractivity contribution in [1.82, 2.24) is 0 Å². The topological polar surface area (TPSA) is 6.48 Å². The van der Waals surface area contributed by atoms with Crippen molar-refractivity contribution in [1.29, 1.82) is 0 Å². The second kappa shape index (κ2) is 6.78. The fourth-order valence-corrected chi connectivity index (χ4v) is 14.8. The minimum absolute atomic E-state index is 0.189. The van der Waals surface area contributed by atoms with Gasteiger partial charge in [0.1, 0.15) is 0 Å². The molecule has 1 fully saturated rings. The molecule has 1 heterocycles. The number of nitrogens with zero attached hydrogens (tertiary/aromatic N) is 2. The zero-order valence-electron chi connectivity index (χ0n) is 16.8. The average Bonchev–Trinajstić information content (AvgIpc) is 2.81. The SMILES string of the molecule is FP1(F)(c2ccccc2)N(c2ccccc2)P(F)(F)(c2ccccc2)N1c1ccccc1. The van der Waals surface area contributed by atoms with Crippen molar-refractivity contribution in [2.75, 3.05) is 8.88 Å². The van der Waals surface area contributed by atoms with E-state index in [-0.39, 0.29) is 20.3 Å². The maximum absolute atomic E-state index is 17.3. The summed E-state index contributed by atoms with van der Waals surface area (Å²) >= 11 is 0. The van der Waals surface area contributed by atoms with Crippen molar-refractivity contribution in [3.63, 3.8) is 0 Å². The summed E-state index contributed by atoms with van der Waals surface area (Å²) in [7, 11) is -13.1. The van der Waals surface area contributed by atoms with Crippen LogP contribution in [0.3, 0.4) is 0 Å². The molecule has 1 aliphatic rings. The third-order valence-corrected chi connectivity index (χ3v) is 15.1. The summed E-state index contributed by atoms with van der Waals surface area (Å²) in [5.74, 6) is 0. The number of hydrogen-bond acceptors (Lipinski definition) is 2. The van der Waals surface area contributed by atoms with Crippen LogP contribution in [-0.2, 0) is 0 Å². The third-order valence-electron chi connectivity index (χ3n) is 5.63. The number of para-hydroxylation sites is 2. The van der Waals surface area contributed by atoms with Gasteiger partial charge in [0.15, 0.2) is 0 Å². The zero-order valence-corrected chi connectivity index (χ0v) is 18.6. The molecule has 0 N–H and O–H groups in total. The van der Waals surface area contributed by atoms with Gasteiger partial charge in [-0.1, -0.05) is 0 Å². The molecule has 0 spiro atoms. The van der Waals surface area contributed by atoms with E-state index in [0.29, 0.717) is 0 Å². The van der Waals surface area contributed by atoms with E-state index in [1.54, 1.807) is 24.3 Å². The van der Waals surface area contributed by atoms with E-state index >= 15 is 16.8 Å². The standard InChI is InChI=1S/C24H20F4N2P2/c25-31(26,23-17-9-3-10-18-23)29(21-13-5-1-6-14-21)32(27,28,24-19-11-4-12-20-24)30(31)22-15-7-2-8-16-22/h1-20H. The van der Waals surface area contributed by atoms with Crippen molar-refractivity contribution < 1.29 is 16.8 Å². The van der Waals surface area contributed by atoms with Crippen molar-refractivity contribution >= 4 is 37.0 Å². The number of benzene rings is 4. The van der Waals surface area contributed by atoms with Crippen molar-refractivity contribution in [3.8, 4) is 0 Å². The Labute approximate surface area is 184 Å². The summed E-state index contributed by atoms with van der Waals surface area (Å²) in [5.41, 5.74) is -0.393. The molecule has 32 heavy (non-hydrogen) atoms. The molecule has 0 atom stereocenters. The second-order valence-corrected chi connectivity index (χ2v) is 14.1. The first-order valence-corrected chi connectivity index (χ1v) is 13.9. The summed E-state index contributed by atoms with van der Waals surface area (Å²) in [4.78, 5) is 0. The molecule has 0 aliphatic carbocycles. The quantitative estimate of drug-likeness (QED) is 0.219. The van der Waals surface area contributed by atoms with E-state index in [9.17, 15) is 0 Å². The molecular formula is C24H20F4N2P2. The molecule has 2 nitrogen and oxygen atoms in total. The first-order chi connectivity index (χ1) is 15.3. The van der Waals surface area contributed by atoms with E-state index in [4.69, 9.17) is 0 Å². The van der Waals surface area contributed by atoms with Crippen LogP contribution in [0, 0.1) is 0 Å². The predicted octanol–water partition coefficient (Wildman–Crippen LogP) is 7.97. The van der Waals surface area contributed by atoms with Crippen LogP contribution in [-0.4, -0.2) is 0 Å². The minimum atomic E-state index is -6.54. The molecule has 0 unspecified atom stereocenters. The number of hydrogen-bond donors (Lipinski definition) is 0. The summed E-state index contributed by atoms with van der Waals surface area (Å²) < 4.78 is 69.7. The van der Waals surface area contributed by atoms with E-state index in [1.807, 2.05) is 0 Å². The van der Waals surface area contributed by atoms with Crippen molar-refractivity contribution in [2.45, 2.75) is 0 Å². The second-order valence-electron chi connectivity index (χ2n) is 7.57. The van der Waals surface area contributed by atoms with Gasteiger partial charge in [0.05, 0.1) is 0 Å². The normalized spacial score (nSPS) is 22.4. The van der Waals surface area contributed by atoms with Gasteiger partial charge in [-0.3, -0.25) is 0 Å². The monoisotopic (exact) mass is 474 g/mol. The molecule has 0 aromatic heterocycles. The molecule has 164 valence electrons. The van der Waals surface area contributed by atoms with Gasteiger partial charge in [-0.05, 0) is 0 Å². The van der Waals surface area contributed by atoms with Gasteiger partial charge in [0.2, 0.25) is 0 Å². The van der Waals surface area contributed by atoms with Gasteiger partial charge >= 0.3 is 184 Å². The Kier molecular flexibility index (Phi) is 4.43. The number of halogens is 4. The van der Waals surface area contributed by atoms with Crippen LogP contribution >= 0.6 is 15.1 Å². The van der Waals surface area contributed by atoms with E-state index < -0.39 is 25.7 Å². The first kappa shape index (κ1) is 20.9. The average molecular weight is 474 g/mol. The van der Waals surface area contributed by atoms with Gasteiger partial charge < -0.3 is 0 Å². The Balaban J connectivity index is 1.91. The van der Waals surface area contributed by atoms with Crippen LogP contribution in [0.5, 0.6) is 0 Å². The van der Waals surface area contributed by atoms with Gasteiger partial charge in [-0.25, -0.2) is 0 Å². The summed E-state index contributed by atoms with van der Waals surface area (Å²) in [6.45, 7) is 0. The zero-order chi connectivity index (χ0) is 22.5. The summed E-state index contributed by atoms with van der Waals surface area (Å²) in [5, 5.41) is -0.810. The molecular weight excluding hydrogens is 454 g/mol. The molecule has 0 saturated carbocycles. The van der Waals surface area contributed by atoms with Crippen LogP contribution in [0.15, 0.2) is 121 Å². The first-order valence-electron chi connectivity index (χ1n) is 10.0. The molecule has 0 radical (unpaired) electrons. The predicted molar refractivity (Wildman–Crippen MR) is 128 cm³/mol. The van der Waals surface area contributed by atoms with Crippen LogP contribution in [0.2, 0.25) is 0 Å². The van der Waals surface area contributed by atoms with E-state index in [2.05, 4.69) is 0 Å². The Morgan fingerprint density at radius 1 is 0.375 bits per heavy atom. The fourth-order valence-electron chi connectivity index (χ4n) is 4.34. The summed E-state index contributed by atoms with van der Waals surface area (Å²) in [6, 6.07) is 28.6. The molecule has 8 heteroatoms. The van der Waals surface area contributed by atoms with Gasteiger partial charge in [-0.2, -0.15) is 0 Å². The molecule has 4 aromatic rings. The Morgan fingerprint density at radius 2 is 0.625 bits per heavy atom. The number of anilines is 2. The van der Waals surface area contributed by atoms with Crippen LogP contribution < -0.4 is 19.5 Å². The van der Waals surface area contributed by atoms with Gasteiger partial charge in [-0.15, -0.1) is 0 Å². The molecule has 5 rings (SSSR count). The van der Waals surface area contributed by atoms with E-state index in [0.717, 1.165) is 0 Å². The van der Waals surface area contributed by atoms with Gasteiger partial charge in [0, 0.05) is 0 Å². The van der Waals surface area contributed by atoms with Crippen molar-refractivity contribution in [3.05, 3.63) is 121 Å². The van der Waals surface area contributed by atoms with Gasteiger partial charge in [0.25, 0.3) is 0 Å².